The fourth-order valence-corrected chi connectivity index (χ4v) is 1.23. The lowest BCUT2D eigenvalue weighted by molar-refractivity contribution is -0.145. The largest absolute Gasteiger partial charge is 0.507 e. The van der Waals surface area contributed by atoms with Crippen LogP contribution in [0.5, 0.6) is 11.5 Å². The summed E-state index contributed by atoms with van der Waals surface area (Å²) in [4.78, 5) is 22.2. The van der Waals surface area contributed by atoms with Crippen molar-refractivity contribution in [1.29, 1.82) is 0 Å². The molecule has 0 saturated heterocycles. The van der Waals surface area contributed by atoms with Crippen molar-refractivity contribution in [2.75, 3.05) is 20.3 Å². The predicted molar refractivity (Wildman–Crippen MR) is 61.6 cm³/mol. The number of hydrogen-bond acceptors (Lipinski definition) is 6. The molecule has 98 valence electrons. The lowest BCUT2D eigenvalue weighted by atomic mass is 10.2. The molecule has 18 heavy (non-hydrogen) atoms. The van der Waals surface area contributed by atoms with Gasteiger partial charge in [0.25, 0.3) is 0 Å². The third-order valence-corrected chi connectivity index (χ3v) is 2.04. The maximum Gasteiger partial charge on any atom is 0.344 e. The van der Waals surface area contributed by atoms with Gasteiger partial charge in [0.05, 0.1) is 13.7 Å². The minimum absolute atomic E-state index is 0.0287. The zero-order valence-corrected chi connectivity index (χ0v) is 10.1. The van der Waals surface area contributed by atoms with Gasteiger partial charge in [0, 0.05) is 6.07 Å². The molecule has 1 aromatic rings. The first-order chi connectivity index (χ1) is 8.58. The van der Waals surface area contributed by atoms with E-state index in [9.17, 15) is 14.7 Å². The zero-order chi connectivity index (χ0) is 13.5. The summed E-state index contributed by atoms with van der Waals surface area (Å²) < 4.78 is 14.2. The number of hydrogen-bond donors (Lipinski definition) is 1. The van der Waals surface area contributed by atoms with Crippen LogP contribution in [0, 0.1) is 0 Å². The molecule has 1 rings (SSSR count). The van der Waals surface area contributed by atoms with Gasteiger partial charge in [-0.3, -0.25) is 0 Å². The van der Waals surface area contributed by atoms with Gasteiger partial charge in [-0.15, -0.1) is 0 Å². The number of methoxy groups -OCH3 is 1. The summed E-state index contributed by atoms with van der Waals surface area (Å²) in [7, 11) is 1.22. The zero-order valence-electron chi connectivity index (χ0n) is 10.1. The highest BCUT2D eigenvalue weighted by Gasteiger charge is 2.12. The van der Waals surface area contributed by atoms with Gasteiger partial charge in [-0.2, -0.15) is 0 Å². The Morgan fingerprint density at radius 2 is 2.06 bits per heavy atom. The summed E-state index contributed by atoms with van der Waals surface area (Å²) in [5.41, 5.74) is 0.0287. The summed E-state index contributed by atoms with van der Waals surface area (Å²) >= 11 is 0. The van der Waals surface area contributed by atoms with Gasteiger partial charge in [0.1, 0.15) is 17.1 Å². The fourth-order valence-electron chi connectivity index (χ4n) is 1.23. The Hall–Kier alpha value is -2.24. The smallest absolute Gasteiger partial charge is 0.344 e. The van der Waals surface area contributed by atoms with Crippen LogP contribution in [0.15, 0.2) is 18.2 Å². The van der Waals surface area contributed by atoms with Crippen LogP contribution in [0.4, 0.5) is 0 Å². The van der Waals surface area contributed by atoms with E-state index in [1.807, 2.05) is 0 Å². The van der Waals surface area contributed by atoms with Crippen molar-refractivity contribution in [3.05, 3.63) is 23.8 Å². The Bertz CT molecular complexity index is 440. The van der Waals surface area contributed by atoms with Crippen molar-refractivity contribution >= 4 is 11.9 Å². The molecular weight excluding hydrogens is 240 g/mol. The molecule has 0 aliphatic heterocycles. The van der Waals surface area contributed by atoms with E-state index in [1.54, 1.807) is 6.92 Å². The first-order valence-corrected chi connectivity index (χ1v) is 5.28. The normalized spacial score (nSPS) is 9.67. The Kier molecular flexibility index (Phi) is 4.98. The topological polar surface area (TPSA) is 82.1 Å². The highest BCUT2D eigenvalue weighted by atomic mass is 16.6. The minimum atomic E-state index is -0.649. The molecule has 0 amide bonds. The summed E-state index contributed by atoms with van der Waals surface area (Å²) in [5, 5.41) is 9.56. The van der Waals surface area contributed by atoms with E-state index in [2.05, 4.69) is 9.47 Å². The van der Waals surface area contributed by atoms with Gasteiger partial charge >= 0.3 is 11.9 Å². The van der Waals surface area contributed by atoms with E-state index in [0.29, 0.717) is 0 Å². The van der Waals surface area contributed by atoms with E-state index in [1.165, 1.54) is 25.3 Å². The van der Waals surface area contributed by atoms with Crippen molar-refractivity contribution in [3.8, 4) is 11.5 Å². The molecule has 0 atom stereocenters. The second kappa shape index (κ2) is 6.48. The maximum atomic E-state index is 11.2. The van der Waals surface area contributed by atoms with Crippen molar-refractivity contribution < 1.29 is 28.9 Å². The van der Waals surface area contributed by atoms with Crippen molar-refractivity contribution in [3.63, 3.8) is 0 Å². The number of benzene rings is 1. The minimum Gasteiger partial charge on any atom is -0.507 e. The lowest BCUT2D eigenvalue weighted by Crippen LogP contribution is -2.14. The highest BCUT2D eigenvalue weighted by Crippen LogP contribution is 2.24. The molecule has 0 radical (unpaired) electrons. The van der Waals surface area contributed by atoms with Crippen LogP contribution in [0.3, 0.4) is 0 Å². The number of phenols is 1. The molecule has 0 aromatic heterocycles. The third kappa shape index (κ3) is 3.65. The van der Waals surface area contributed by atoms with Crippen molar-refractivity contribution in [2.24, 2.45) is 0 Å². The number of carbonyl (C=O) groups excluding carboxylic acids is 2. The van der Waals surface area contributed by atoms with Gasteiger partial charge in [-0.1, -0.05) is 0 Å². The molecule has 0 unspecified atom stereocenters. The molecular formula is C12H14O6. The first kappa shape index (κ1) is 13.8. The van der Waals surface area contributed by atoms with Crippen LogP contribution in [0.1, 0.15) is 17.3 Å². The van der Waals surface area contributed by atoms with Crippen LogP contribution < -0.4 is 4.74 Å². The summed E-state index contributed by atoms with van der Waals surface area (Å²) in [6, 6.07) is 4.03. The summed E-state index contributed by atoms with van der Waals surface area (Å²) in [5.74, 6) is -1.17. The van der Waals surface area contributed by atoms with Crippen LogP contribution in [-0.4, -0.2) is 37.4 Å². The second-order valence-corrected chi connectivity index (χ2v) is 3.26. The molecule has 0 aliphatic carbocycles. The molecule has 0 bridgehead atoms. The Balaban J connectivity index is 2.67. The highest BCUT2D eigenvalue weighted by molar-refractivity contribution is 5.92. The van der Waals surface area contributed by atoms with E-state index in [-0.39, 0.29) is 30.3 Å². The quantitative estimate of drug-likeness (QED) is 0.793. The van der Waals surface area contributed by atoms with Crippen molar-refractivity contribution in [2.45, 2.75) is 6.92 Å². The van der Waals surface area contributed by atoms with Crippen LogP contribution in [-0.2, 0) is 14.3 Å². The first-order valence-electron chi connectivity index (χ1n) is 5.28. The standard InChI is InChI=1S/C12H14O6/c1-3-17-11(14)7-18-8-4-5-9(10(13)6-8)12(15)16-2/h4-6,13H,3,7H2,1-2H3. The molecule has 0 saturated carbocycles. The number of carbonyl (C=O) groups is 2. The van der Waals surface area contributed by atoms with E-state index in [0.717, 1.165) is 0 Å². The van der Waals surface area contributed by atoms with E-state index < -0.39 is 11.9 Å². The maximum absolute atomic E-state index is 11.2. The molecule has 6 heteroatoms. The van der Waals surface area contributed by atoms with Crippen LogP contribution in [0.25, 0.3) is 0 Å². The number of rotatable bonds is 5. The van der Waals surface area contributed by atoms with Gasteiger partial charge in [-0.05, 0) is 19.1 Å². The van der Waals surface area contributed by atoms with Crippen LogP contribution in [0.2, 0.25) is 0 Å². The number of aromatic hydroxyl groups is 1. The van der Waals surface area contributed by atoms with Crippen molar-refractivity contribution in [1.82, 2.24) is 0 Å². The Labute approximate surface area is 104 Å². The predicted octanol–water partition coefficient (Wildman–Crippen LogP) is 1.12. The fraction of sp³-hybridized carbons (Fsp3) is 0.333. The molecule has 6 nitrogen and oxygen atoms in total. The average molecular weight is 254 g/mol. The molecule has 0 heterocycles. The monoisotopic (exact) mass is 254 g/mol. The van der Waals surface area contributed by atoms with E-state index >= 15 is 0 Å². The van der Waals surface area contributed by atoms with Crippen LogP contribution >= 0.6 is 0 Å². The number of ether oxygens (including phenoxy) is 3. The average Bonchev–Trinajstić information content (AvgIpc) is 2.36. The number of phenolic OH excluding ortho intramolecular Hbond substituents is 1. The van der Waals surface area contributed by atoms with Gasteiger partial charge in [0.2, 0.25) is 0 Å². The third-order valence-electron chi connectivity index (χ3n) is 2.04. The summed E-state index contributed by atoms with van der Waals surface area (Å²) in [6.07, 6.45) is 0. The summed E-state index contributed by atoms with van der Waals surface area (Å²) in [6.45, 7) is 1.70. The Morgan fingerprint density at radius 3 is 2.61 bits per heavy atom. The SMILES string of the molecule is CCOC(=O)COc1ccc(C(=O)OC)c(O)c1. The lowest BCUT2D eigenvalue weighted by Gasteiger charge is -2.07. The molecule has 1 aromatic carbocycles. The van der Waals surface area contributed by atoms with Gasteiger partial charge < -0.3 is 19.3 Å². The second-order valence-electron chi connectivity index (χ2n) is 3.26. The van der Waals surface area contributed by atoms with Gasteiger partial charge in [0.15, 0.2) is 6.61 Å². The molecule has 0 spiro atoms. The van der Waals surface area contributed by atoms with Gasteiger partial charge in [-0.25, -0.2) is 9.59 Å². The Morgan fingerprint density at radius 1 is 1.33 bits per heavy atom. The molecule has 0 aliphatic rings. The number of esters is 2. The van der Waals surface area contributed by atoms with E-state index in [4.69, 9.17) is 4.74 Å². The molecule has 1 N–H and O–H groups in total. The molecule has 0 fully saturated rings.